The van der Waals surface area contributed by atoms with Gasteiger partial charge in [-0.15, -0.1) is 24.0 Å². The van der Waals surface area contributed by atoms with Crippen LogP contribution in [0.2, 0.25) is 0 Å². The SMILES string of the molecule is CN=C(NCCc1cn2ccccc2n1)NC1CCN(c2c(F)cccc2F)C1.I. The minimum absolute atomic E-state index is 0. The zero-order valence-corrected chi connectivity index (χ0v) is 19.0. The zero-order valence-electron chi connectivity index (χ0n) is 16.7. The molecule has 1 atom stereocenters. The van der Waals surface area contributed by atoms with Crippen molar-refractivity contribution < 1.29 is 8.78 Å². The molecule has 4 rings (SSSR count). The fraction of sp³-hybridized carbons (Fsp3) is 0.333. The Hall–Kier alpha value is -2.43. The predicted molar refractivity (Wildman–Crippen MR) is 126 cm³/mol. The van der Waals surface area contributed by atoms with Crippen molar-refractivity contribution in [2.24, 2.45) is 4.99 Å². The van der Waals surface area contributed by atoms with Crippen molar-refractivity contribution in [2.75, 3.05) is 31.6 Å². The first-order valence-corrected chi connectivity index (χ1v) is 9.73. The Bertz CT molecular complexity index is 968. The third kappa shape index (κ3) is 5.00. The molecule has 0 bridgehead atoms. The van der Waals surface area contributed by atoms with Gasteiger partial charge in [0.2, 0.25) is 0 Å². The van der Waals surface area contributed by atoms with E-state index < -0.39 is 11.6 Å². The second-order valence-electron chi connectivity index (χ2n) is 7.09. The number of nitrogens with zero attached hydrogens (tertiary/aromatic N) is 4. The molecule has 0 amide bonds. The summed E-state index contributed by atoms with van der Waals surface area (Å²) in [4.78, 5) is 10.6. The lowest BCUT2D eigenvalue weighted by atomic mass is 10.2. The van der Waals surface area contributed by atoms with Gasteiger partial charge in [0.15, 0.2) is 5.96 Å². The summed E-state index contributed by atoms with van der Waals surface area (Å²) >= 11 is 0. The van der Waals surface area contributed by atoms with Crippen LogP contribution in [0.5, 0.6) is 0 Å². The molecule has 0 saturated carbocycles. The van der Waals surface area contributed by atoms with Gasteiger partial charge >= 0.3 is 0 Å². The number of aliphatic imine (C=N–C) groups is 1. The van der Waals surface area contributed by atoms with E-state index in [2.05, 4.69) is 20.6 Å². The Morgan fingerprint density at radius 2 is 2.00 bits per heavy atom. The number of fused-ring (bicyclic) bond motifs is 1. The van der Waals surface area contributed by atoms with Crippen molar-refractivity contribution in [1.29, 1.82) is 0 Å². The van der Waals surface area contributed by atoms with E-state index in [4.69, 9.17) is 0 Å². The van der Waals surface area contributed by atoms with Gasteiger partial charge in [-0.1, -0.05) is 12.1 Å². The lowest BCUT2D eigenvalue weighted by molar-refractivity contribution is 0.576. The number of halogens is 3. The highest BCUT2D eigenvalue weighted by Gasteiger charge is 2.27. The Morgan fingerprint density at radius 3 is 2.73 bits per heavy atom. The van der Waals surface area contributed by atoms with E-state index in [9.17, 15) is 8.78 Å². The van der Waals surface area contributed by atoms with Gasteiger partial charge in [0, 0.05) is 51.5 Å². The summed E-state index contributed by atoms with van der Waals surface area (Å²) in [6.07, 6.45) is 5.54. The first kappa shape index (κ1) is 22.3. The van der Waals surface area contributed by atoms with Crippen molar-refractivity contribution in [1.82, 2.24) is 20.0 Å². The molecule has 1 aliphatic rings. The first-order chi connectivity index (χ1) is 14.1. The van der Waals surface area contributed by atoms with Gasteiger partial charge in [0.25, 0.3) is 0 Å². The summed E-state index contributed by atoms with van der Waals surface area (Å²) in [5.41, 5.74) is 1.98. The van der Waals surface area contributed by atoms with E-state index >= 15 is 0 Å². The number of pyridine rings is 1. The number of nitrogens with one attached hydrogen (secondary N) is 2. The van der Waals surface area contributed by atoms with Crippen LogP contribution >= 0.6 is 24.0 Å². The number of rotatable bonds is 5. The standard InChI is InChI=1S/C21H24F2N6.HI/c1-24-21(25-10-8-15-13-28-11-3-2-7-19(28)26-15)27-16-9-12-29(14-16)20-17(22)5-4-6-18(20)23;/h2-7,11,13,16H,8-10,12,14H2,1H3,(H2,24,25,27);1H. The third-order valence-electron chi connectivity index (χ3n) is 5.09. The van der Waals surface area contributed by atoms with Crippen LogP contribution in [-0.2, 0) is 6.42 Å². The molecule has 1 fully saturated rings. The lowest BCUT2D eigenvalue weighted by Gasteiger charge is -2.21. The van der Waals surface area contributed by atoms with Gasteiger partial charge in [0.05, 0.1) is 5.69 Å². The van der Waals surface area contributed by atoms with Crippen LogP contribution in [-0.4, -0.2) is 48.1 Å². The van der Waals surface area contributed by atoms with Crippen LogP contribution in [0.15, 0.2) is 53.8 Å². The van der Waals surface area contributed by atoms with Crippen LogP contribution < -0.4 is 15.5 Å². The highest BCUT2D eigenvalue weighted by molar-refractivity contribution is 14.0. The Kier molecular flexibility index (Phi) is 7.46. The number of anilines is 1. The number of guanidine groups is 1. The Balaban J connectivity index is 0.00000256. The summed E-state index contributed by atoms with van der Waals surface area (Å²) < 4.78 is 30.0. The molecule has 1 aromatic carbocycles. The molecule has 160 valence electrons. The monoisotopic (exact) mass is 526 g/mol. The lowest BCUT2D eigenvalue weighted by Crippen LogP contribution is -2.45. The molecule has 2 N–H and O–H groups in total. The van der Waals surface area contributed by atoms with E-state index in [1.807, 2.05) is 35.0 Å². The molecular weight excluding hydrogens is 501 g/mol. The van der Waals surface area contributed by atoms with Gasteiger partial charge in [-0.3, -0.25) is 4.99 Å². The maximum absolute atomic E-state index is 14.0. The molecule has 3 heterocycles. The molecule has 3 aromatic rings. The highest BCUT2D eigenvalue weighted by atomic mass is 127. The average molecular weight is 526 g/mol. The van der Waals surface area contributed by atoms with E-state index in [-0.39, 0.29) is 35.7 Å². The molecule has 0 spiro atoms. The maximum Gasteiger partial charge on any atom is 0.191 e. The summed E-state index contributed by atoms with van der Waals surface area (Å²) in [6.45, 7) is 1.79. The fourth-order valence-corrected chi connectivity index (χ4v) is 3.68. The normalized spacial score (nSPS) is 16.6. The van der Waals surface area contributed by atoms with Gasteiger partial charge in [-0.05, 0) is 30.7 Å². The molecule has 2 aromatic heterocycles. The fourth-order valence-electron chi connectivity index (χ4n) is 3.68. The van der Waals surface area contributed by atoms with Crippen LogP contribution in [0.1, 0.15) is 12.1 Å². The smallest absolute Gasteiger partial charge is 0.191 e. The quantitative estimate of drug-likeness (QED) is 0.305. The van der Waals surface area contributed by atoms with Gasteiger partial charge in [-0.25, -0.2) is 13.8 Å². The largest absolute Gasteiger partial charge is 0.365 e. The Labute approximate surface area is 191 Å². The minimum Gasteiger partial charge on any atom is -0.365 e. The second-order valence-corrected chi connectivity index (χ2v) is 7.09. The topological polar surface area (TPSA) is 57.0 Å². The van der Waals surface area contributed by atoms with Crippen LogP contribution in [0, 0.1) is 11.6 Å². The van der Waals surface area contributed by atoms with Gasteiger partial charge in [0.1, 0.15) is 23.0 Å². The maximum atomic E-state index is 14.0. The van der Waals surface area contributed by atoms with E-state index in [1.54, 1.807) is 11.9 Å². The van der Waals surface area contributed by atoms with E-state index in [0.29, 0.717) is 25.6 Å². The molecule has 9 heteroatoms. The van der Waals surface area contributed by atoms with Crippen molar-refractivity contribution >= 4 is 41.3 Å². The molecule has 0 radical (unpaired) electrons. The van der Waals surface area contributed by atoms with E-state index in [1.165, 1.54) is 18.2 Å². The van der Waals surface area contributed by atoms with E-state index in [0.717, 1.165) is 24.2 Å². The van der Waals surface area contributed by atoms with Gasteiger partial charge in [-0.2, -0.15) is 0 Å². The van der Waals surface area contributed by atoms with Crippen molar-refractivity contribution in [3.63, 3.8) is 0 Å². The molecule has 1 saturated heterocycles. The van der Waals surface area contributed by atoms with Crippen molar-refractivity contribution in [3.8, 4) is 0 Å². The molecule has 1 aliphatic heterocycles. The summed E-state index contributed by atoms with van der Waals surface area (Å²) in [5.74, 6) is -0.379. The van der Waals surface area contributed by atoms with Crippen molar-refractivity contribution in [3.05, 3.63) is 66.1 Å². The predicted octanol–water partition coefficient (Wildman–Crippen LogP) is 3.22. The summed E-state index contributed by atoms with van der Waals surface area (Å²) in [7, 11) is 1.71. The zero-order chi connectivity index (χ0) is 20.2. The first-order valence-electron chi connectivity index (χ1n) is 9.73. The van der Waals surface area contributed by atoms with Crippen LogP contribution in [0.25, 0.3) is 5.65 Å². The molecule has 0 aliphatic carbocycles. The molecule has 6 nitrogen and oxygen atoms in total. The second kappa shape index (κ2) is 10.1. The molecule has 30 heavy (non-hydrogen) atoms. The number of hydrogen-bond acceptors (Lipinski definition) is 3. The number of aromatic nitrogens is 2. The van der Waals surface area contributed by atoms with Crippen LogP contribution in [0.4, 0.5) is 14.5 Å². The Morgan fingerprint density at radius 1 is 1.20 bits per heavy atom. The van der Waals surface area contributed by atoms with Gasteiger partial charge < -0.3 is 19.9 Å². The number of para-hydroxylation sites is 1. The van der Waals surface area contributed by atoms with Crippen LogP contribution in [0.3, 0.4) is 0 Å². The van der Waals surface area contributed by atoms with Crippen molar-refractivity contribution in [2.45, 2.75) is 18.9 Å². The summed E-state index contributed by atoms with van der Waals surface area (Å²) in [6, 6.07) is 9.94. The third-order valence-corrected chi connectivity index (χ3v) is 5.09. The number of hydrogen-bond donors (Lipinski definition) is 2. The molecular formula is C21H25F2IN6. The summed E-state index contributed by atoms with van der Waals surface area (Å²) in [5, 5.41) is 6.63. The minimum atomic E-state index is -0.527. The number of benzene rings is 1. The highest BCUT2D eigenvalue weighted by Crippen LogP contribution is 2.26. The molecule has 1 unspecified atom stereocenters. The average Bonchev–Trinajstić information content (AvgIpc) is 3.33. The number of imidazole rings is 1.